The largest absolute Gasteiger partial charge is 0.487 e. The number of sulfonamides is 1. The Bertz CT molecular complexity index is 1040. The molecule has 0 saturated carbocycles. The van der Waals surface area contributed by atoms with Gasteiger partial charge in [-0.1, -0.05) is 24.3 Å². The summed E-state index contributed by atoms with van der Waals surface area (Å²) >= 11 is 0. The van der Waals surface area contributed by atoms with Crippen molar-refractivity contribution in [1.82, 2.24) is 5.32 Å². The average molecular weight is 431 g/mol. The zero-order chi connectivity index (χ0) is 22.3. The number of hydrogen-bond donors (Lipinski definition) is 1. The van der Waals surface area contributed by atoms with Crippen LogP contribution in [-0.4, -0.2) is 32.2 Å². The molecule has 0 aliphatic carbocycles. The van der Waals surface area contributed by atoms with Crippen LogP contribution < -0.4 is 14.4 Å². The van der Waals surface area contributed by atoms with Crippen LogP contribution >= 0.6 is 0 Å². The number of nitrogens with one attached hydrogen (secondary N) is 1. The smallest absolute Gasteiger partial charge is 0.244 e. The standard InChI is InChI=1S/C23H30N2O4S/c1-15-11-16(2)13-18(12-15)25(30(6,27)28)17(3)22(26)24-20-14-23(4,5)29-21-10-8-7-9-19(20)21/h7-13,17,20H,14H2,1-6H3,(H,24,26). The molecular formula is C23H30N2O4S. The number of fused-ring (bicyclic) bond motifs is 1. The Morgan fingerprint density at radius 3 is 2.37 bits per heavy atom. The third-order valence-electron chi connectivity index (χ3n) is 5.24. The van der Waals surface area contributed by atoms with Crippen LogP contribution in [0.1, 0.15) is 49.9 Å². The van der Waals surface area contributed by atoms with Gasteiger partial charge in [0.15, 0.2) is 0 Å². The molecule has 162 valence electrons. The molecule has 30 heavy (non-hydrogen) atoms. The van der Waals surface area contributed by atoms with Crippen LogP contribution in [0.15, 0.2) is 42.5 Å². The van der Waals surface area contributed by atoms with E-state index in [1.165, 1.54) is 4.31 Å². The summed E-state index contributed by atoms with van der Waals surface area (Å²) in [7, 11) is -3.67. The molecule has 0 bridgehead atoms. The summed E-state index contributed by atoms with van der Waals surface area (Å²) in [5.41, 5.74) is 2.82. The lowest BCUT2D eigenvalue weighted by atomic mass is 9.89. The van der Waals surface area contributed by atoms with Gasteiger partial charge in [0.05, 0.1) is 18.0 Å². The van der Waals surface area contributed by atoms with Crippen molar-refractivity contribution in [1.29, 1.82) is 0 Å². The third-order valence-corrected chi connectivity index (χ3v) is 6.48. The Balaban J connectivity index is 1.91. The number of hydrogen-bond acceptors (Lipinski definition) is 4. The number of benzene rings is 2. The molecule has 2 aromatic rings. The summed E-state index contributed by atoms with van der Waals surface area (Å²) in [4.78, 5) is 13.2. The van der Waals surface area contributed by atoms with Gasteiger partial charge >= 0.3 is 0 Å². The fraction of sp³-hybridized carbons (Fsp3) is 0.435. The van der Waals surface area contributed by atoms with E-state index in [9.17, 15) is 13.2 Å². The van der Waals surface area contributed by atoms with E-state index in [1.54, 1.807) is 19.1 Å². The first kappa shape index (κ1) is 22.2. The van der Waals surface area contributed by atoms with Crippen molar-refractivity contribution in [3.05, 3.63) is 59.2 Å². The fourth-order valence-electron chi connectivity index (χ4n) is 4.11. The van der Waals surface area contributed by atoms with Crippen LogP contribution in [0.4, 0.5) is 5.69 Å². The molecule has 0 aromatic heterocycles. The van der Waals surface area contributed by atoms with Crippen molar-refractivity contribution in [2.45, 2.75) is 58.7 Å². The molecule has 1 heterocycles. The molecule has 1 N–H and O–H groups in total. The zero-order valence-electron chi connectivity index (χ0n) is 18.4. The predicted octanol–water partition coefficient (Wildman–Crippen LogP) is 3.88. The van der Waals surface area contributed by atoms with E-state index < -0.39 is 21.7 Å². The van der Waals surface area contributed by atoms with Crippen molar-refractivity contribution >= 4 is 21.6 Å². The van der Waals surface area contributed by atoms with Gasteiger partial charge in [-0.25, -0.2) is 8.42 Å². The lowest BCUT2D eigenvalue weighted by Gasteiger charge is -2.38. The van der Waals surface area contributed by atoms with E-state index in [-0.39, 0.29) is 11.9 Å². The predicted molar refractivity (Wildman–Crippen MR) is 119 cm³/mol. The summed E-state index contributed by atoms with van der Waals surface area (Å²) in [6, 6.07) is 12.0. The van der Waals surface area contributed by atoms with Gasteiger partial charge in [0.2, 0.25) is 15.9 Å². The van der Waals surface area contributed by atoms with Gasteiger partial charge in [-0.3, -0.25) is 9.10 Å². The quantitative estimate of drug-likeness (QED) is 0.781. The minimum absolute atomic E-state index is 0.263. The molecule has 0 saturated heterocycles. The third kappa shape index (κ3) is 4.78. The monoisotopic (exact) mass is 430 g/mol. The Labute approximate surface area is 179 Å². The maximum Gasteiger partial charge on any atom is 0.244 e. The summed E-state index contributed by atoms with van der Waals surface area (Å²) in [6.07, 6.45) is 1.71. The van der Waals surface area contributed by atoms with Crippen LogP contribution in [0.25, 0.3) is 0 Å². The number of aryl methyl sites for hydroxylation is 2. The summed E-state index contributed by atoms with van der Waals surface area (Å²) in [5.74, 6) is 0.387. The van der Waals surface area contributed by atoms with Gasteiger partial charge in [0.1, 0.15) is 17.4 Å². The molecule has 2 unspecified atom stereocenters. The minimum atomic E-state index is -3.67. The Morgan fingerprint density at radius 2 is 1.77 bits per heavy atom. The second-order valence-electron chi connectivity index (χ2n) is 8.75. The van der Waals surface area contributed by atoms with Crippen LogP contribution in [0, 0.1) is 13.8 Å². The number of para-hydroxylation sites is 1. The van der Waals surface area contributed by atoms with Gasteiger partial charge in [-0.05, 0) is 63.9 Å². The molecule has 0 radical (unpaired) electrons. The maximum absolute atomic E-state index is 13.2. The zero-order valence-corrected chi connectivity index (χ0v) is 19.2. The van der Waals surface area contributed by atoms with Crippen LogP contribution in [0.2, 0.25) is 0 Å². The number of anilines is 1. The summed E-state index contributed by atoms with van der Waals surface area (Å²) in [5, 5.41) is 3.06. The van der Waals surface area contributed by atoms with Crippen molar-refractivity contribution in [2.24, 2.45) is 0 Å². The molecular weight excluding hydrogens is 400 g/mol. The highest BCUT2D eigenvalue weighted by Crippen LogP contribution is 2.39. The molecule has 6 nitrogen and oxygen atoms in total. The Morgan fingerprint density at radius 1 is 1.17 bits per heavy atom. The van der Waals surface area contributed by atoms with Gasteiger partial charge in [0.25, 0.3) is 0 Å². The van der Waals surface area contributed by atoms with Crippen molar-refractivity contribution in [3.8, 4) is 5.75 Å². The molecule has 1 aliphatic rings. The van der Waals surface area contributed by atoms with Crippen molar-refractivity contribution < 1.29 is 17.9 Å². The number of amides is 1. The van der Waals surface area contributed by atoms with Crippen molar-refractivity contribution in [3.63, 3.8) is 0 Å². The average Bonchev–Trinajstić information content (AvgIpc) is 2.58. The Kier molecular flexibility index (Phi) is 5.87. The molecule has 2 aromatic carbocycles. The van der Waals surface area contributed by atoms with Crippen LogP contribution in [0.5, 0.6) is 5.75 Å². The lowest BCUT2D eigenvalue weighted by molar-refractivity contribution is -0.123. The normalized spacial score (nSPS) is 18.7. The van der Waals surface area contributed by atoms with Crippen LogP contribution in [0.3, 0.4) is 0 Å². The van der Waals surface area contributed by atoms with Crippen molar-refractivity contribution in [2.75, 3.05) is 10.6 Å². The second kappa shape index (κ2) is 7.95. The van der Waals surface area contributed by atoms with Gasteiger partial charge in [-0.15, -0.1) is 0 Å². The number of nitrogens with zero attached hydrogens (tertiary/aromatic N) is 1. The van der Waals surface area contributed by atoms with E-state index in [1.807, 2.05) is 58.0 Å². The fourth-order valence-corrected chi connectivity index (χ4v) is 5.27. The molecule has 1 amide bonds. The van der Waals surface area contributed by atoms with E-state index in [0.29, 0.717) is 12.1 Å². The van der Waals surface area contributed by atoms with E-state index >= 15 is 0 Å². The maximum atomic E-state index is 13.2. The van der Waals surface area contributed by atoms with Gasteiger partial charge in [-0.2, -0.15) is 0 Å². The summed E-state index contributed by atoms with van der Waals surface area (Å²) in [6.45, 7) is 9.38. The van der Waals surface area contributed by atoms with Crippen LogP contribution in [-0.2, 0) is 14.8 Å². The molecule has 0 fully saturated rings. The molecule has 1 aliphatic heterocycles. The van der Waals surface area contributed by atoms with E-state index in [2.05, 4.69) is 5.32 Å². The first-order valence-corrected chi connectivity index (χ1v) is 11.9. The SMILES string of the molecule is Cc1cc(C)cc(N(C(C)C(=O)NC2CC(C)(C)Oc3ccccc32)S(C)(=O)=O)c1. The topological polar surface area (TPSA) is 75.7 Å². The molecule has 3 rings (SSSR count). The number of carbonyl (C=O) groups excluding carboxylic acids is 1. The number of ether oxygens (including phenoxy) is 1. The first-order chi connectivity index (χ1) is 13.9. The molecule has 0 spiro atoms. The summed E-state index contributed by atoms with van der Waals surface area (Å²) < 4.78 is 32.5. The lowest BCUT2D eigenvalue weighted by Crippen LogP contribution is -2.50. The highest BCUT2D eigenvalue weighted by Gasteiger charge is 2.36. The van der Waals surface area contributed by atoms with E-state index in [4.69, 9.17) is 4.74 Å². The second-order valence-corrected chi connectivity index (χ2v) is 10.6. The highest BCUT2D eigenvalue weighted by molar-refractivity contribution is 7.92. The molecule has 7 heteroatoms. The Hall–Kier alpha value is -2.54. The minimum Gasteiger partial charge on any atom is -0.487 e. The van der Waals surface area contributed by atoms with E-state index in [0.717, 1.165) is 28.7 Å². The number of carbonyl (C=O) groups is 1. The highest BCUT2D eigenvalue weighted by atomic mass is 32.2. The first-order valence-electron chi connectivity index (χ1n) is 10.0. The van der Waals surface area contributed by atoms with Gasteiger partial charge in [0, 0.05) is 12.0 Å². The molecule has 2 atom stereocenters. The van der Waals surface area contributed by atoms with Gasteiger partial charge < -0.3 is 10.1 Å². The number of rotatable bonds is 5.